The van der Waals surface area contributed by atoms with Gasteiger partial charge in [0.15, 0.2) is 0 Å². The lowest BCUT2D eigenvalue weighted by Gasteiger charge is -2.26. The van der Waals surface area contributed by atoms with Crippen molar-refractivity contribution in [2.45, 2.75) is 36.6 Å². The second-order valence-electron chi connectivity index (χ2n) is 6.66. The summed E-state index contributed by atoms with van der Waals surface area (Å²) in [5.41, 5.74) is 0.619. The summed E-state index contributed by atoms with van der Waals surface area (Å²) in [6, 6.07) is 8.56. The molecule has 0 heterocycles. The first-order valence-corrected chi connectivity index (χ1v) is 10.1. The Labute approximate surface area is 156 Å². The molecule has 0 bridgehead atoms. The number of carboxylic acid groups (broad SMARTS) is 1. The third-order valence-electron chi connectivity index (χ3n) is 4.80. The third kappa shape index (κ3) is 4.51. The van der Waals surface area contributed by atoms with Crippen LogP contribution in [0.1, 0.15) is 25.7 Å². The Bertz CT molecular complexity index is 937. The van der Waals surface area contributed by atoms with E-state index in [-0.39, 0.29) is 16.5 Å². The maximum Gasteiger partial charge on any atom is 0.306 e. The standard InChI is InChI=1S/C19H19F2NO4S/c20-14-5-10-17(18(21)11-14)12-3-8-16(9-4-12)27(25,26)22-15-6-1-13(2-7-15)19(23)24/h3-5,8-11,13,15,22H,1-2,6-7H2,(H,23,24). The number of aliphatic carboxylic acids is 1. The molecule has 0 atom stereocenters. The highest BCUT2D eigenvalue weighted by Crippen LogP contribution is 2.27. The Hall–Kier alpha value is -2.32. The first-order valence-electron chi connectivity index (χ1n) is 8.57. The van der Waals surface area contributed by atoms with Crippen LogP contribution in [-0.2, 0) is 14.8 Å². The summed E-state index contributed by atoms with van der Waals surface area (Å²) in [5, 5.41) is 9.00. The zero-order chi connectivity index (χ0) is 19.6. The predicted molar refractivity (Wildman–Crippen MR) is 95.5 cm³/mol. The molecule has 0 aromatic heterocycles. The fourth-order valence-electron chi connectivity index (χ4n) is 3.28. The Balaban J connectivity index is 1.71. The molecule has 1 aliphatic carbocycles. The summed E-state index contributed by atoms with van der Waals surface area (Å²) < 4.78 is 54.5. The van der Waals surface area contributed by atoms with Crippen LogP contribution in [0.3, 0.4) is 0 Å². The second-order valence-corrected chi connectivity index (χ2v) is 8.37. The zero-order valence-electron chi connectivity index (χ0n) is 14.4. The molecule has 0 aliphatic heterocycles. The average Bonchev–Trinajstić information content (AvgIpc) is 2.62. The van der Waals surface area contributed by atoms with Crippen molar-refractivity contribution in [2.24, 2.45) is 5.92 Å². The minimum atomic E-state index is -3.76. The number of carbonyl (C=O) groups is 1. The van der Waals surface area contributed by atoms with Gasteiger partial charge in [0.1, 0.15) is 11.6 Å². The quantitative estimate of drug-likeness (QED) is 0.811. The molecule has 8 heteroatoms. The largest absolute Gasteiger partial charge is 0.481 e. The summed E-state index contributed by atoms with van der Waals surface area (Å²) in [5.74, 6) is -2.67. The highest BCUT2D eigenvalue weighted by atomic mass is 32.2. The lowest BCUT2D eigenvalue weighted by Crippen LogP contribution is -2.38. The van der Waals surface area contributed by atoms with E-state index in [1.807, 2.05) is 0 Å². The highest BCUT2D eigenvalue weighted by molar-refractivity contribution is 7.89. The minimum absolute atomic E-state index is 0.0362. The van der Waals surface area contributed by atoms with Crippen molar-refractivity contribution in [3.8, 4) is 11.1 Å². The van der Waals surface area contributed by atoms with E-state index in [1.54, 1.807) is 0 Å². The fraction of sp³-hybridized carbons (Fsp3) is 0.316. The van der Waals surface area contributed by atoms with Gasteiger partial charge in [0.25, 0.3) is 0 Å². The van der Waals surface area contributed by atoms with Crippen molar-refractivity contribution in [1.29, 1.82) is 0 Å². The van der Waals surface area contributed by atoms with Gasteiger partial charge in [-0.1, -0.05) is 12.1 Å². The summed E-state index contributed by atoms with van der Waals surface area (Å²) >= 11 is 0. The van der Waals surface area contributed by atoms with E-state index in [1.165, 1.54) is 30.3 Å². The van der Waals surface area contributed by atoms with E-state index in [2.05, 4.69) is 4.72 Å². The molecule has 2 aromatic carbocycles. The van der Waals surface area contributed by atoms with Gasteiger partial charge in [0.2, 0.25) is 10.0 Å². The Morgan fingerprint density at radius 2 is 1.63 bits per heavy atom. The number of hydrogen-bond acceptors (Lipinski definition) is 3. The van der Waals surface area contributed by atoms with Crippen molar-refractivity contribution >= 4 is 16.0 Å². The Kier molecular flexibility index (Phi) is 5.57. The molecule has 3 rings (SSSR count). The molecular formula is C19H19F2NO4S. The van der Waals surface area contributed by atoms with Crippen LogP contribution in [-0.4, -0.2) is 25.5 Å². The van der Waals surface area contributed by atoms with Crippen molar-refractivity contribution in [2.75, 3.05) is 0 Å². The monoisotopic (exact) mass is 395 g/mol. The van der Waals surface area contributed by atoms with E-state index in [0.717, 1.165) is 12.1 Å². The molecule has 1 aliphatic rings. The molecule has 0 radical (unpaired) electrons. The topological polar surface area (TPSA) is 83.5 Å². The molecule has 0 unspecified atom stereocenters. The maximum atomic E-state index is 13.9. The van der Waals surface area contributed by atoms with Crippen molar-refractivity contribution in [3.63, 3.8) is 0 Å². The smallest absolute Gasteiger partial charge is 0.306 e. The number of benzene rings is 2. The van der Waals surface area contributed by atoms with E-state index in [9.17, 15) is 22.0 Å². The van der Waals surface area contributed by atoms with Crippen molar-refractivity contribution in [3.05, 3.63) is 54.1 Å². The van der Waals surface area contributed by atoms with E-state index < -0.39 is 33.5 Å². The fourth-order valence-corrected chi connectivity index (χ4v) is 4.59. The van der Waals surface area contributed by atoms with Crippen LogP contribution in [0.5, 0.6) is 0 Å². The van der Waals surface area contributed by atoms with Crippen LogP contribution in [0.15, 0.2) is 47.4 Å². The molecule has 0 spiro atoms. The van der Waals surface area contributed by atoms with Gasteiger partial charge < -0.3 is 5.11 Å². The molecule has 5 nitrogen and oxygen atoms in total. The molecule has 27 heavy (non-hydrogen) atoms. The summed E-state index contributed by atoms with van der Waals surface area (Å²) in [6.07, 6.45) is 1.81. The van der Waals surface area contributed by atoms with Gasteiger partial charge in [-0.05, 0) is 55.5 Å². The number of hydrogen-bond donors (Lipinski definition) is 2. The molecular weight excluding hydrogens is 376 g/mol. The first kappa shape index (κ1) is 19.4. The van der Waals surface area contributed by atoms with Gasteiger partial charge in [-0.15, -0.1) is 0 Å². The number of halogens is 2. The lowest BCUT2D eigenvalue weighted by atomic mass is 9.87. The summed E-state index contributed by atoms with van der Waals surface area (Å²) in [4.78, 5) is 11.0. The van der Waals surface area contributed by atoms with Crippen LogP contribution in [0.4, 0.5) is 8.78 Å². The van der Waals surface area contributed by atoms with Gasteiger partial charge in [0, 0.05) is 17.7 Å². The number of carboxylic acids is 1. The van der Waals surface area contributed by atoms with Gasteiger partial charge in [-0.2, -0.15) is 0 Å². The Morgan fingerprint density at radius 1 is 1.00 bits per heavy atom. The van der Waals surface area contributed by atoms with Crippen LogP contribution < -0.4 is 4.72 Å². The van der Waals surface area contributed by atoms with Gasteiger partial charge in [-0.25, -0.2) is 21.9 Å². The van der Waals surface area contributed by atoms with Crippen molar-refractivity contribution in [1.82, 2.24) is 4.72 Å². The number of sulfonamides is 1. The summed E-state index contributed by atoms with van der Waals surface area (Å²) in [7, 11) is -3.76. The Morgan fingerprint density at radius 3 is 2.19 bits per heavy atom. The van der Waals surface area contributed by atoms with Crippen LogP contribution >= 0.6 is 0 Å². The zero-order valence-corrected chi connectivity index (χ0v) is 15.2. The molecule has 1 saturated carbocycles. The molecule has 0 amide bonds. The van der Waals surface area contributed by atoms with Crippen LogP contribution in [0, 0.1) is 17.6 Å². The van der Waals surface area contributed by atoms with Gasteiger partial charge >= 0.3 is 5.97 Å². The number of nitrogens with one attached hydrogen (secondary N) is 1. The molecule has 2 N–H and O–H groups in total. The SMILES string of the molecule is O=C(O)C1CCC(NS(=O)(=O)c2ccc(-c3ccc(F)cc3F)cc2)CC1. The van der Waals surface area contributed by atoms with E-state index in [4.69, 9.17) is 5.11 Å². The van der Waals surface area contributed by atoms with E-state index in [0.29, 0.717) is 31.2 Å². The second kappa shape index (κ2) is 7.74. The maximum absolute atomic E-state index is 13.9. The minimum Gasteiger partial charge on any atom is -0.481 e. The normalized spacial score (nSPS) is 20.4. The number of rotatable bonds is 5. The lowest BCUT2D eigenvalue weighted by molar-refractivity contribution is -0.142. The van der Waals surface area contributed by atoms with Crippen LogP contribution in [0.2, 0.25) is 0 Å². The van der Waals surface area contributed by atoms with E-state index >= 15 is 0 Å². The van der Waals surface area contributed by atoms with Crippen molar-refractivity contribution < 1.29 is 27.1 Å². The first-order chi connectivity index (χ1) is 12.8. The van der Waals surface area contributed by atoms with Gasteiger partial charge in [0.05, 0.1) is 10.8 Å². The summed E-state index contributed by atoms with van der Waals surface area (Å²) in [6.45, 7) is 0. The van der Waals surface area contributed by atoms with Gasteiger partial charge in [-0.3, -0.25) is 4.79 Å². The molecule has 2 aromatic rings. The van der Waals surface area contributed by atoms with Crippen LogP contribution in [0.25, 0.3) is 11.1 Å². The third-order valence-corrected chi connectivity index (χ3v) is 6.34. The molecule has 0 saturated heterocycles. The average molecular weight is 395 g/mol. The predicted octanol–water partition coefficient (Wildman–Crippen LogP) is 3.55. The highest BCUT2D eigenvalue weighted by Gasteiger charge is 2.28. The molecule has 1 fully saturated rings. The molecule has 144 valence electrons.